The van der Waals surface area contributed by atoms with Crippen molar-refractivity contribution >= 4 is 5.78 Å². The van der Waals surface area contributed by atoms with Crippen LogP contribution in [0.3, 0.4) is 0 Å². The maximum absolute atomic E-state index is 12.6. The number of epoxide rings is 2. The summed E-state index contributed by atoms with van der Waals surface area (Å²) in [5, 5.41) is 0. The van der Waals surface area contributed by atoms with Gasteiger partial charge in [-0.25, -0.2) is 0 Å². The highest BCUT2D eigenvalue weighted by Gasteiger charge is 2.74. The van der Waals surface area contributed by atoms with Gasteiger partial charge in [-0.2, -0.15) is 13.2 Å². The van der Waals surface area contributed by atoms with Crippen LogP contribution in [0.4, 0.5) is 13.2 Å². The van der Waals surface area contributed by atoms with Crippen molar-refractivity contribution in [3.8, 4) is 0 Å². The molecule has 0 aromatic carbocycles. The van der Waals surface area contributed by atoms with Crippen LogP contribution in [0.5, 0.6) is 0 Å². The van der Waals surface area contributed by atoms with Gasteiger partial charge in [-0.05, 0) is 20.3 Å². The average molecular weight is 362 g/mol. The van der Waals surface area contributed by atoms with Crippen LogP contribution >= 0.6 is 0 Å². The summed E-state index contributed by atoms with van der Waals surface area (Å²) in [6.07, 6.45) is -3.00. The van der Waals surface area contributed by atoms with Gasteiger partial charge in [0, 0.05) is 18.8 Å². The van der Waals surface area contributed by atoms with Crippen LogP contribution in [0.1, 0.15) is 20.3 Å². The molecule has 0 radical (unpaired) electrons. The number of halogens is 3. The summed E-state index contributed by atoms with van der Waals surface area (Å²) in [5.74, 6) is -0.335. The van der Waals surface area contributed by atoms with E-state index >= 15 is 0 Å². The van der Waals surface area contributed by atoms with Crippen molar-refractivity contribution in [3.05, 3.63) is 23.5 Å². The van der Waals surface area contributed by atoms with Gasteiger partial charge in [-0.3, -0.25) is 4.79 Å². The Kier molecular flexibility index (Phi) is 4.29. The first kappa shape index (κ1) is 18.4. The lowest BCUT2D eigenvalue weighted by atomic mass is 9.71. The van der Waals surface area contributed by atoms with Gasteiger partial charge in [-0.1, -0.05) is 6.08 Å². The van der Waals surface area contributed by atoms with E-state index in [-0.39, 0.29) is 12.2 Å². The summed E-state index contributed by atoms with van der Waals surface area (Å²) in [7, 11) is 2.88. The lowest BCUT2D eigenvalue weighted by molar-refractivity contribution is -0.134. The third kappa shape index (κ3) is 2.90. The van der Waals surface area contributed by atoms with Gasteiger partial charge in [-0.15, -0.1) is 0 Å². The first-order chi connectivity index (χ1) is 11.6. The molecule has 0 aromatic rings. The van der Waals surface area contributed by atoms with Gasteiger partial charge in [0.15, 0.2) is 11.4 Å². The quantitative estimate of drug-likeness (QED) is 0.556. The van der Waals surface area contributed by atoms with E-state index in [0.29, 0.717) is 12.4 Å². The standard InChI is InChI=1S/C17H21F3O5/c1-9(17(18,19)20)5-6-11-15(2,25-11)14-13(23-4)10(21)7-12(22-3)16(14)8-24-16/h5,7,11,13-14H,6,8H2,1-4H3/b9-5+/t11-,13-,14-,15+,16-/m1/s1. The third-order valence-corrected chi connectivity index (χ3v) is 5.39. The maximum Gasteiger partial charge on any atom is 0.412 e. The molecule has 140 valence electrons. The predicted molar refractivity (Wildman–Crippen MR) is 80.8 cm³/mol. The molecular weight excluding hydrogens is 341 g/mol. The topological polar surface area (TPSA) is 60.6 Å². The molecule has 0 N–H and O–H groups in total. The molecular formula is C17H21F3O5. The summed E-state index contributed by atoms with van der Waals surface area (Å²) in [5.41, 5.74) is -2.30. The van der Waals surface area contributed by atoms with Crippen LogP contribution in [0.15, 0.2) is 23.5 Å². The van der Waals surface area contributed by atoms with Gasteiger partial charge >= 0.3 is 6.18 Å². The van der Waals surface area contributed by atoms with E-state index in [1.165, 1.54) is 20.3 Å². The van der Waals surface area contributed by atoms with Gasteiger partial charge in [0.2, 0.25) is 0 Å². The van der Waals surface area contributed by atoms with E-state index in [0.717, 1.165) is 13.0 Å². The van der Waals surface area contributed by atoms with Gasteiger partial charge in [0.25, 0.3) is 0 Å². The highest BCUT2D eigenvalue weighted by atomic mass is 19.4. The zero-order valence-electron chi connectivity index (χ0n) is 14.5. The number of hydrogen-bond donors (Lipinski definition) is 0. The largest absolute Gasteiger partial charge is 0.498 e. The van der Waals surface area contributed by atoms with Gasteiger partial charge in [0.1, 0.15) is 17.5 Å². The van der Waals surface area contributed by atoms with E-state index in [4.69, 9.17) is 18.9 Å². The molecule has 2 heterocycles. The minimum Gasteiger partial charge on any atom is -0.498 e. The fraction of sp³-hybridized carbons (Fsp3) is 0.706. The Morgan fingerprint density at radius 1 is 1.44 bits per heavy atom. The Morgan fingerprint density at radius 2 is 2.08 bits per heavy atom. The Hall–Kier alpha value is -1.38. The fourth-order valence-electron chi connectivity index (χ4n) is 3.77. The monoisotopic (exact) mass is 362 g/mol. The first-order valence-corrected chi connectivity index (χ1v) is 7.98. The molecule has 1 spiro atoms. The number of rotatable bonds is 5. The highest BCUT2D eigenvalue weighted by Crippen LogP contribution is 2.59. The van der Waals surface area contributed by atoms with Crippen LogP contribution in [-0.2, 0) is 23.7 Å². The van der Waals surface area contributed by atoms with E-state index < -0.39 is 41.1 Å². The molecule has 2 fully saturated rings. The van der Waals surface area contributed by atoms with Gasteiger partial charge < -0.3 is 18.9 Å². The van der Waals surface area contributed by atoms with Crippen molar-refractivity contribution in [3.63, 3.8) is 0 Å². The smallest absolute Gasteiger partial charge is 0.412 e. The summed E-state index contributed by atoms with van der Waals surface area (Å²) >= 11 is 0. The Labute approximate surface area is 143 Å². The number of allylic oxidation sites excluding steroid dienone is 1. The molecule has 5 atom stereocenters. The molecule has 0 bridgehead atoms. The van der Waals surface area contributed by atoms with Crippen LogP contribution in [0.2, 0.25) is 0 Å². The van der Waals surface area contributed by atoms with Crippen molar-refractivity contribution < 1.29 is 36.9 Å². The number of ketones is 1. The number of methoxy groups -OCH3 is 2. The lowest BCUT2D eigenvalue weighted by Crippen LogP contribution is -2.53. The Bertz CT molecular complexity index is 635. The van der Waals surface area contributed by atoms with Crippen molar-refractivity contribution in [2.45, 2.75) is 49.9 Å². The molecule has 3 rings (SSSR count). The first-order valence-electron chi connectivity index (χ1n) is 7.98. The molecule has 5 nitrogen and oxygen atoms in total. The van der Waals surface area contributed by atoms with E-state index in [9.17, 15) is 18.0 Å². The normalized spacial score (nSPS) is 40.9. The number of carbonyl (C=O) groups is 1. The second-order valence-corrected chi connectivity index (χ2v) is 6.84. The van der Waals surface area contributed by atoms with Crippen molar-refractivity contribution in [1.29, 1.82) is 0 Å². The SMILES string of the molecule is COC1=CC(=O)[C@@H](OC)[C@H]([C@@]2(C)O[C@@H]2C/C=C(\C)C(F)(F)F)[C@@]12CO2. The second-order valence-electron chi connectivity index (χ2n) is 6.84. The summed E-state index contributed by atoms with van der Waals surface area (Å²) in [6, 6.07) is 0. The van der Waals surface area contributed by atoms with Crippen molar-refractivity contribution in [1.82, 2.24) is 0 Å². The molecule has 0 amide bonds. The summed E-state index contributed by atoms with van der Waals surface area (Å²) < 4.78 is 60.0. The average Bonchev–Trinajstić information content (AvgIpc) is 3.44. The molecule has 3 aliphatic rings. The molecule has 0 unspecified atom stereocenters. The van der Waals surface area contributed by atoms with Crippen LogP contribution in [0.25, 0.3) is 0 Å². The maximum atomic E-state index is 12.6. The minimum absolute atomic E-state index is 0.102. The number of hydrogen-bond acceptors (Lipinski definition) is 5. The van der Waals surface area contributed by atoms with E-state index in [1.54, 1.807) is 6.92 Å². The summed E-state index contributed by atoms with van der Waals surface area (Å²) in [4.78, 5) is 12.3. The lowest BCUT2D eigenvalue weighted by Gasteiger charge is -2.36. The van der Waals surface area contributed by atoms with E-state index in [2.05, 4.69) is 0 Å². The fourth-order valence-corrected chi connectivity index (χ4v) is 3.77. The second kappa shape index (κ2) is 5.82. The number of ether oxygens (including phenoxy) is 4. The van der Waals surface area contributed by atoms with Crippen LogP contribution in [0, 0.1) is 5.92 Å². The van der Waals surface area contributed by atoms with Crippen LogP contribution in [-0.4, -0.2) is 56.2 Å². The number of carbonyl (C=O) groups excluding carboxylic acids is 1. The molecule has 1 aliphatic carbocycles. The molecule has 8 heteroatoms. The molecule has 0 aromatic heterocycles. The molecule has 2 saturated heterocycles. The zero-order valence-corrected chi connectivity index (χ0v) is 14.5. The Balaban J connectivity index is 1.83. The van der Waals surface area contributed by atoms with Crippen molar-refractivity contribution in [2.75, 3.05) is 20.8 Å². The summed E-state index contributed by atoms with van der Waals surface area (Å²) in [6.45, 7) is 3.16. The zero-order chi connectivity index (χ0) is 18.6. The Morgan fingerprint density at radius 3 is 2.56 bits per heavy atom. The highest BCUT2D eigenvalue weighted by molar-refractivity contribution is 5.96. The third-order valence-electron chi connectivity index (χ3n) is 5.39. The molecule has 0 saturated carbocycles. The molecule has 2 aliphatic heterocycles. The number of alkyl halides is 3. The molecule has 25 heavy (non-hydrogen) atoms. The minimum atomic E-state index is -4.35. The van der Waals surface area contributed by atoms with Gasteiger partial charge in [0.05, 0.1) is 25.7 Å². The van der Waals surface area contributed by atoms with E-state index in [1.807, 2.05) is 0 Å². The predicted octanol–water partition coefficient (Wildman–Crippen LogP) is 2.56. The van der Waals surface area contributed by atoms with Crippen LogP contribution < -0.4 is 0 Å². The van der Waals surface area contributed by atoms with Crippen molar-refractivity contribution in [2.24, 2.45) is 5.92 Å².